The quantitative estimate of drug-likeness (QED) is 0.838. The van der Waals surface area contributed by atoms with Crippen molar-refractivity contribution in [2.45, 2.75) is 20.4 Å². The van der Waals surface area contributed by atoms with Crippen LogP contribution < -0.4 is 10.5 Å². The van der Waals surface area contributed by atoms with Gasteiger partial charge in [0, 0.05) is 17.5 Å². The predicted octanol–water partition coefficient (Wildman–Crippen LogP) is 2.32. The second-order valence-electron chi connectivity index (χ2n) is 3.94. The zero-order valence-electron chi connectivity index (χ0n) is 9.87. The third kappa shape index (κ3) is 1.63. The maximum atomic E-state index is 5.67. The molecule has 84 valence electrons. The Balaban J connectivity index is 2.78. The molecule has 2 rings (SSSR count). The maximum Gasteiger partial charge on any atom is 0.218 e. The number of benzene rings is 1. The topological polar surface area (TPSA) is 48.1 Å². The number of nitrogens with two attached hydrogens (primary N) is 1. The van der Waals surface area contributed by atoms with E-state index in [2.05, 4.69) is 31.0 Å². The lowest BCUT2D eigenvalue weighted by atomic mass is 10.0. The number of fused-ring (bicyclic) bond motifs is 1. The molecule has 1 heterocycles. The van der Waals surface area contributed by atoms with Gasteiger partial charge < -0.3 is 10.5 Å². The summed E-state index contributed by atoms with van der Waals surface area (Å²) in [6, 6.07) is 6.23. The summed E-state index contributed by atoms with van der Waals surface area (Å²) in [5, 5.41) is 1.12. The van der Waals surface area contributed by atoms with Crippen molar-refractivity contribution in [3.8, 4) is 5.88 Å². The van der Waals surface area contributed by atoms with E-state index in [-0.39, 0.29) is 0 Å². The highest BCUT2D eigenvalue weighted by Gasteiger charge is 2.08. The largest absolute Gasteiger partial charge is 0.481 e. The van der Waals surface area contributed by atoms with Crippen LogP contribution in [0.25, 0.3) is 10.9 Å². The Kier molecular flexibility index (Phi) is 2.79. The molecule has 0 aliphatic rings. The second-order valence-corrected chi connectivity index (χ2v) is 3.94. The molecule has 0 bridgehead atoms. The van der Waals surface area contributed by atoms with Gasteiger partial charge in [0.25, 0.3) is 0 Å². The summed E-state index contributed by atoms with van der Waals surface area (Å²) in [5.41, 5.74) is 10.0. The van der Waals surface area contributed by atoms with Crippen LogP contribution in [0.3, 0.4) is 0 Å². The number of rotatable bonds is 2. The molecule has 0 radical (unpaired) electrons. The van der Waals surface area contributed by atoms with Crippen LogP contribution in [-0.2, 0) is 6.54 Å². The molecule has 0 spiro atoms. The third-order valence-corrected chi connectivity index (χ3v) is 2.96. The lowest BCUT2D eigenvalue weighted by Crippen LogP contribution is -2.02. The van der Waals surface area contributed by atoms with Crippen molar-refractivity contribution in [1.82, 2.24) is 4.98 Å². The summed E-state index contributed by atoms with van der Waals surface area (Å²) < 4.78 is 5.25. The van der Waals surface area contributed by atoms with Crippen molar-refractivity contribution in [1.29, 1.82) is 0 Å². The van der Waals surface area contributed by atoms with E-state index in [1.165, 1.54) is 11.1 Å². The summed E-state index contributed by atoms with van der Waals surface area (Å²) in [6.45, 7) is 4.60. The van der Waals surface area contributed by atoms with Gasteiger partial charge in [0.05, 0.1) is 12.6 Å². The molecule has 1 aromatic heterocycles. The summed E-state index contributed by atoms with van der Waals surface area (Å²) in [6.07, 6.45) is 0. The highest BCUT2D eigenvalue weighted by Crippen LogP contribution is 2.25. The minimum absolute atomic E-state index is 0.443. The van der Waals surface area contributed by atoms with Gasteiger partial charge in [-0.2, -0.15) is 0 Å². The van der Waals surface area contributed by atoms with Crippen LogP contribution in [0.1, 0.15) is 16.7 Å². The van der Waals surface area contributed by atoms with Gasteiger partial charge in [-0.3, -0.25) is 0 Å². The fourth-order valence-corrected chi connectivity index (χ4v) is 1.83. The lowest BCUT2D eigenvalue weighted by molar-refractivity contribution is 0.394. The lowest BCUT2D eigenvalue weighted by Gasteiger charge is -2.10. The van der Waals surface area contributed by atoms with Gasteiger partial charge in [-0.05, 0) is 31.0 Å². The fourth-order valence-electron chi connectivity index (χ4n) is 1.83. The number of aryl methyl sites for hydroxylation is 2. The Morgan fingerprint density at radius 3 is 2.69 bits per heavy atom. The third-order valence-electron chi connectivity index (χ3n) is 2.96. The monoisotopic (exact) mass is 216 g/mol. The summed E-state index contributed by atoms with van der Waals surface area (Å²) in [4.78, 5) is 4.52. The Hall–Kier alpha value is -1.61. The molecule has 1 aromatic carbocycles. The van der Waals surface area contributed by atoms with E-state index >= 15 is 0 Å². The molecule has 0 atom stereocenters. The van der Waals surface area contributed by atoms with E-state index in [0.29, 0.717) is 12.4 Å². The molecule has 0 amide bonds. The summed E-state index contributed by atoms with van der Waals surface area (Å²) in [7, 11) is 1.62. The summed E-state index contributed by atoms with van der Waals surface area (Å²) >= 11 is 0. The van der Waals surface area contributed by atoms with Gasteiger partial charge in [0.2, 0.25) is 5.88 Å². The molecule has 2 N–H and O–H groups in total. The first kappa shape index (κ1) is 10.9. The molecule has 0 aliphatic carbocycles. The molecule has 3 heteroatoms. The van der Waals surface area contributed by atoms with Crippen LogP contribution in [0, 0.1) is 13.8 Å². The zero-order chi connectivity index (χ0) is 11.7. The molecule has 0 fully saturated rings. The minimum atomic E-state index is 0.443. The van der Waals surface area contributed by atoms with Crippen molar-refractivity contribution in [2.75, 3.05) is 7.11 Å². The average Bonchev–Trinajstić information content (AvgIpc) is 2.32. The van der Waals surface area contributed by atoms with Gasteiger partial charge in [0.1, 0.15) is 0 Å². The zero-order valence-corrected chi connectivity index (χ0v) is 9.87. The Morgan fingerprint density at radius 2 is 2.06 bits per heavy atom. The standard InChI is InChI=1S/C13H16N2O/c1-8-4-5-10-6-11(7-14)13(16-3)15-12(10)9(8)2/h4-6H,7,14H2,1-3H3. The molecular weight excluding hydrogens is 200 g/mol. The van der Waals surface area contributed by atoms with Crippen LogP contribution in [0.5, 0.6) is 5.88 Å². The first-order valence-corrected chi connectivity index (χ1v) is 5.31. The predicted molar refractivity (Wildman–Crippen MR) is 65.7 cm³/mol. The number of pyridine rings is 1. The first-order chi connectivity index (χ1) is 7.67. The molecule has 0 saturated carbocycles. The highest BCUT2D eigenvalue weighted by atomic mass is 16.5. The number of hydrogen-bond acceptors (Lipinski definition) is 3. The van der Waals surface area contributed by atoms with Crippen molar-refractivity contribution in [3.05, 3.63) is 34.9 Å². The van der Waals surface area contributed by atoms with Gasteiger partial charge >= 0.3 is 0 Å². The van der Waals surface area contributed by atoms with E-state index in [1.807, 2.05) is 6.07 Å². The molecule has 16 heavy (non-hydrogen) atoms. The average molecular weight is 216 g/mol. The van der Waals surface area contributed by atoms with Gasteiger partial charge in [-0.1, -0.05) is 12.1 Å². The molecule has 2 aromatic rings. The van der Waals surface area contributed by atoms with Crippen molar-refractivity contribution in [3.63, 3.8) is 0 Å². The van der Waals surface area contributed by atoms with Gasteiger partial charge in [-0.25, -0.2) is 4.98 Å². The highest BCUT2D eigenvalue weighted by molar-refractivity contribution is 5.84. The van der Waals surface area contributed by atoms with E-state index in [0.717, 1.165) is 16.5 Å². The van der Waals surface area contributed by atoms with Crippen molar-refractivity contribution < 1.29 is 4.74 Å². The van der Waals surface area contributed by atoms with E-state index < -0.39 is 0 Å². The second kappa shape index (κ2) is 4.10. The number of ether oxygens (including phenoxy) is 1. The van der Waals surface area contributed by atoms with Gasteiger partial charge in [-0.15, -0.1) is 0 Å². The van der Waals surface area contributed by atoms with Crippen LogP contribution >= 0.6 is 0 Å². The molecule has 0 unspecified atom stereocenters. The Bertz CT molecular complexity index is 535. The maximum absolute atomic E-state index is 5.67. The van der Waals surface area contributed by atoms with Crippen molar-refractivity contribution >= 4 is 10.9 Å². The van der Waals surface area contributed by atoms with Crippen LogP contribution in [-0.4, -0.2) is 12.1 Å². The number of aromatic nitrogens is 1. The van der Waals surface area contributed by atoms with E-state index in [4.69, 9.17) is 10.5 Å². The fraction of sp³-hybridized carbons (Fsp3) is 0.308. The van der Waals surface area contributed by atoms with E-state index in [9.17, 15) is 0 Å². The first-order valence-electron chi connectivity index (χ1n) is 5.31. The van der Waals surface area contributed by atoms with Crippen LogP contribution in [0.15, 0.2) is 18.2 Å². The smallest absolute Gasteiger partial charge is 0.218 e. The van der Waals surface area contributed by atoms with E-state index in [1.54, 1.807) is 7.11 Å². The molecule has 0 aliphatic heterocycles. The molecule has 3 nitrogen and oxygen atoms in total. The van der Waals surface area contributed by atoms with Crippen molar-refractivity contribution in [2.24, 2.45) is 5.73 Å². The molecular formula is C13H16N2O. The van der Waals surface area contributed by atoms with Crippen LogP contribution in [0.4, 0.5) is 0 Å². The SMILES string of the molecule is COc1nc2c(C)c(C)ccc2cc1CN. The number of hydrogen-bond donors (Lipinski definition) is 1. The molecule has 0 saturated heterocycles. The van der Waals surface area contributed by atoms with Gasteiger partial charge in [0.15, 0.2) is 0 Å². The normalized spacial score (nSPS) is 10.8. The number of methoxy groups -OCH3 is 1. The number of nitrogens with zero attached hydrogens (tertiary/aromatic N) is 1. The minimum Gasteiger partial charge on any atom is -0.481 e. The summed E-state index contributed by atoms with van der Waals surface area (Å²) in [5.74, 6) is 0.628. The van der Waals surface area contributed by atoms with Crippen LogP contribution in [0.2, 0.25) is 0 Å². The Morgan fingerprint density at radius 1 is 1.31 bits per heavy atom. The Labute approximate surface area is 95.2 Å².